The number of aromatic nitrogens is 1. The van der Waals surface area contributed by atoms with Gasteiger partial charge >= 0.3 is 18.4 Å². The quantitative estimate of drug-likeness (QED) is 0.775. The largest absolute Gasteiger partial charge is 0.573 e. The summed E-state index contributed by atoms with van der Waals surface area (Å²) < 4.78 is 44.7. The van der Waals surface area contributed by atoms with E-state index in [0.717, 1.165) is 23.5 Å². The summed E-state index contributed by atoms with van der Waals surface area (Å²) in [6.45, 7) is 1.86. The molecule has 7 nitrogen and oxygen atoms in total. The van der Waals surface area contributed by atoms with E-state index in [9.17, 15) is 22.8 Å². The van der Waals surface area contributed by atoms with Gasteiger partial charge in [-0.3, -0.25) is 5.32 Å². The van der Waals surface area contributed by atoms with E-state index >= 15 is 0 Å². The zero-order chi connectivity index (χ0) is 18.4. The minimum absolute atomic E-state index is 0.0656. The number of esters is 1. The lowest BCUT2D eigenvalue weighted by Gasteiger charge is -2.10. The lowest BCUT2D eigenvalue weighted by atomic mass is 10.3. The molecule has 0 fully saturated rings. The van der Waals surface area contributed by atoms with Crippen LogP contribution in [0.3, 0.4) is 0 Å². The average molecular weight is 375 g/mol. The van der Waals surface area contributed by atoms with Crippen molar-refractivity contribution in [3.05, 3.63) is 35.3 Å². The van der Waals surface area contributed by atoms with Gasteiger partial charge in [0.2, 0.25) is 0 Å². The lowest BCUT2D eigenvalue weighted by molar-refractivity contribution is -0.274. The second-order valence-corrected chi connectivity index (χ2v) is 5.27. The van der Waals surface area contributed by atoms with Crippen LogP contribution in [-0.4, -0.2) is 30.0 Å². The van der Waals surface area contributed by atoms with Crippen LogP contribution < -0.4 is 15.4 Å². The Labute approximate surface area is 143 Å². The van der Waals surface area contributed by atoms with Crippen LogP contribution in [0.5, 0.6) is 5.75 Å². The first-order valence-electron chi connectivity index (χ1n) is 6.83. The number of ether oxygens (including phenoxy) is 2. The van der Waals surface area contributed by atoms with Gasteiger partial charge in [0.1, 0.15) is 5.75 Å². The molecule has 11 heteroatoms. The molecule has 0 saturated heterocycles. The number of carbonyl (C=O) groups is 2. The van der Waals surface area contributed by atoms with Gasteiger partial charge in [-0.25, -0.2) is 14.6 Å². The van der Waals surface area contributed by atoms with Gasteiger partial charge in [-0.1, -0.05) is 0 Å². The third-order valence-corrected chi connectivity index (χ3v) is 3.31. The molecule has 0 spiro atoms. The monoisotopic (exact) mass is 375 g/mol. The van der Waals surface area contributed by atoms with E-state index in [4.69, 9.17) is 4.74 Å². The molecule has 0 atom stereocenters. The molecule has 0 bridgehead atoms. The van der Waals surface area contributed by atoms with Crippen molar-refractivity contribution in [3.8, 4) is 5.75 Å². The molecule has 0 aliphatic heterocycles. The molecule has 0 radical (unpaired) electrons. The van der Waals surface area contributed by atoms with E-state index in [1.807, 2.05) is 0 Å². The fraction of sp³-hybridized carbons (Fsp3) is 0.214. The van der Waals surface area contributed by atoms with Crippen molar-refractivity contribution in [1.82, 2.24) is 4.98 Å². The molecule has 2 rings (SSSR count). The van der Waals surface area contributed by atoms with Gasteiger partial charge in [0, 0.05) is 11.1 Å². The molecule has 134 valence electrons. The summed E-state index contributed by atoms with van der Waals surface area (Å²) in [7, 11) is 0. The van der Waals surface area contributed by atoms with Crippen molar-refractivity contribution >= 4 is 34.2 Å². The Kier molecular flexibility index (Phi) is 5.80. The molecule has 2 N–H and O–H groups in total. The Bertz CT molecular complexity index is 747. The standard InChI is InChI=1S/C14H12F3N3O4S/c1-2-23-11(21)10-7-25-13(19-10)20-12(22)18-8-3-5-9(6-4-8)24-14(15,16)17/h3-7H,2H2,1H3,(H2,18,19,20,22). The average Bonchev–Trinajstić information content (AvgIpc) is 2.96. The summed E-state index contributed by atoms with van der Waals surface area (Å²) in [5.41, 5.74) is 0.310. The highest BCUT2D eigenvalue weighted by atomic mass is 32.1. The summed E-state index contributed by atoms with van der Waals surface area (Å²) >= 11 is 1.02. The predicted molar refractivity (Wildman–Crippen MR) is 83.8 cm³/mol. The first-order valence-corrected chi connectivity index (χ1v) is 7.71. The van der Waals surface area contributed by atoms with Crippen molar-refractivity contribution < 1.29 is 32.2 Å². The summed E-state index contributed by atoms with van der Waals surface area (Å²) in [5.74, 6) is -1.01. The highest BCUT2D eigenvalue weighted by molar-refractivity contribution is 7.14. The van der Waals surface area contributed by atoms with E-state index in [1.54, 1.807) is 6.92 Å². The number of rotatable bonds is 5. The van der Waals surface area contributed by atoms with Crippen LogP contribution in [0.25, 0.3) is 0 Å². The number of hydrogen-bond donors (Lipinski definition) is 2. The molecule has 1 aromatic carbocycles. The fourth-order valence-electron chi connectivity index (χ4n) is 1.63. The third-order valence-electron chi connectivity index (χ3n) is 2.55. The van der Waals surface area contributed by atoms with Gasteiger partial charge in [0.25, 0.3) is 0 Å². The van der Waals surface area contributed by atoms with Crippen LogP contribution in [0.2, 0.25) is 0 Å². The number of amides is 2. The number of hydrogen-bond acceptors (Lipinski definition) is 6. The van der Waals surface area contributed by atoms with E-state index in [-0.39, 0.29) is 23.1 Å². The topological polar surface area (TPSA) is 89.5 Å². The van der Waals surface area contributed by atoms with Gasteiger partial charge < -0.3 is 14.8 Å². The molecule has 25 heavy (non-hydrogen) atoms. The van der Waals surface area contributed by atoms with Crippen LogP contribution in [0.1, 0.15) is 17.4 Å². The van der Waals surface area contributed by atoms with Gasteiger partial charge in [-0.2, -0.15) is 0 Å². The van der Waals surface area contributed by atoms with Crippen molar-refractivity contribution in [3.63, 3.8) is 0 Å². The first kappa shape index (κ1) is 18.5. The Hall–Kier alpha value is -2.82. The molecule has 2 aromatic rings. The number of carbonyl (C=O) groups excluding carboxylic acids is 2. The van der Waals surface area contributed by atoms with Crippen LogP contribution in [0, 0.1) is 0 Å². The second kappa shape index (κ2) is 7.83. The summed E-state index contributed by atoms with van der Waals surface area (Å²) in [6.07, 6.45) is -4.78. The molecular weight excluding hydrogens is 363 g/mol. The van der Waals surface area contributed by atoms with Crippen LogP contribution >= 0.6 is 11.3 Å². The number of alkyl halides is 3. The number of benzene rings is 1. The van der Waals surface area contributed by atoms with Crippen molar-refractivity contribution in [2.24, 2.45) is 0 Å². The van der Waals surface area contributed by atoms with Crippen LogP contribution in [0.15, 0.2) is 29.6 Å². The number of nitrogens with zero attached hydrogens (tertiary/aromatic N) is 1. The van der Waals surface area contributed by atoms with E-state index in [1.165, 1.54) is 17.5 Å². The molecule has 0 saturated carbocycles. The van der Waals surface area contributed by atoms with Crippen LogP contribution in [0.4, 0.5) is 28.8 Å². The maximum Gasteiger partial charge on any atom is 0.573 e. The molecule has 1 heterocycles. The second-order valence-electron chi connectivity index (χ2n) is 4.41. The van der Waals surface area contributed by atoms with E-state index < -0.39 is 24.1 Å². The third kappa shape index (κ3) is 5.95. The Balaban J connectivity index is 1.91. The minimum atomic E-state index is -4.78. The smallest absolute Gasteiger partial charge is 0.461 e. The predicted octanol–water partition coefficient (Wildman–Crippen LogP) is 3.86. The van der Waals surface area contributed by atoms with Crippen LogP contribution in [-0.2, 0) is 4.74 Å². The molecule has 0 aliphatic carbocycles. The first-order chi connectivity index (χ1) is 11.8. The van der Waals surface area contributed by atoms with E-state index in [2.05, 4.69) is 20.4 Å². The summed E-state index contributed by atoms with van der Waals surface area (Å²) in [6, 6.07) is 3.93. The Morgan fingerprint density at radius 2 is 1.88 bits per heavy atom. The highest BCUT2D eigenvalue weighted by Gasteiger charge is 2.30. The normalized spacial score (nSPS) is 10.9. The maximum atomic E-state index is 12.1. The summed E-state index contributed by atoms with van der Waals surface area (Å²) in [4.78, 5) is 27.2. The Morgan fingerprint density at radius 3 is 2.48 bits per heavy atom. The number of thiazole rings is 1. The molecule has 1 aromatic heterocycles. The van der Waals surface area contributed by atoms with Crippen molar-refractivity contribution in [1.29, 1.82) is 0 Å². The van der Waals surface area contributed by atoms with E-state index in [0.29, 0.717) is 0 Å². The fourth-order valence-corrected chi connectivity index (χ4v) is 2.30. The zero-order valence-corrected chi connectivity index (χ0v) is 13.5. The molecule has 0 aliphatic rings. The maximum absolute atomic E-state index is 12.1. The van der Waals surface area contributed by atoms with Gasteiger partial charge in [-0.05, 0) is 31.2 Å². The number of halogens is 3. The zero-order valence-electron chi connectivity index (χ0n) is 12.7. The van der Waals surface area contributed by atoms with Crippen molar-refractivity contribution in [2.75, 3.05) is 17.2 Å². The Morgan fingerprint density at radius 1 is 1.20 bits per heavy atom. The minimum Gasteiger partial charge on any atom is -0.461 e. The molecular formula is C14H12F3N3O4S. The van der Waals surface area contributed by atoms with Gasteiger partial charge in [0.15, 0.2) is 10.8 Å². The number of nitrogens with one attached hydrogen (secondary N) is 2. The SMILES string of the molecule is CCOC(=O)c1csc(NC(=O)Nc2ccc(OC(F)(F)F)cc2)n1. The highest BCUT2D eigenvalue weighted by Crippen LogP contribution is 2.24. The van der Waals surface area contributed by atoms with Gasteiger partial charge in [0.05, 0.1) is 6.61 Å². The number of urea groups is 1. The number of anilines is 2. The van der Waals surface area contributed by atoms with Crippen molar-refractivity contribution in [2.45, 2.75) is 13.3 Å². The lowest BCUT2D eigenvalue weighted by Crippen LogP contribution is -2.20. The molecule has 0 unspecified atom stereocenters. The molecule has 2 amide bonds. The van der Waals surface area contributed by atoms with Gasteiger partial charge in [-0.15, -0.1) is 24.5 Å². The summed E-state index contributed by atoms with van der Waals surface area (Å²) in [5, 5.41) is 6.40.